The Labute approximate surface area is 134 Å². The first-order chi connectivity index (χ1) is 10.4. The molecular formula is C20H26N2. The van der Waals surface area contributed by atoms with Gasteiger partial charge in [0.15, 0.2) is 0 Å². The monoisotopic (exact) mass is 294 g/mol. The zero-order valence-electron chi connectivity index (χ0n) is 14.5. The number of para-hydroxylation sites is 1. The highest BCUT2D eigenvalue weighted by molar-refractivity contribution is 5.99. The van der Waals surface area contributed by atoms with Crippen molar-refractivity contribution in [3.8, 4) is 0 Å². The Bertz CT molecular complexity index is 638. The summed E-state index contributed by atoms with van der Waals surface area (Å²) in [5, 5.41) is 0. The highest BCUT2D eigenvalue weighted by atomic mass is 14.8. The van der Waals surface area contributed by atoms with E-state index >= 15 is 0 Å². The lowest BCUT2D eigenvalue weighted by atomic mass is 9.93. The van der Waals surface area contributed by atoms with Gasteiger partial charge >= 0.3 is 0 Å². The molecule has 0 spiro atoms. The summed E-state index contributed by atoms with van der Waals surface area (Å²) in [5.74, 6) is 0.910. The van der Waals surface area contributed by atoms with E-state index in [1.54, 1.807) is 0 Å². The molecule has 0 bridgehead atoms. The van der Waals surface area contributed by atoms with Crippen LogP contribution < -0.4 is 0 Å². The molecule has 0 atom stereocenters. The van der Waals surface area contributed by atoms with Crippen LogP contribution in [0.2, 0.25) is 0 Å². The number of benzene rings is 1. The van der Waals surface area contributed by atoms with Gasteiger partial charge in [0.05, 0.1) is 17.1 Å². The number of nitrogens with zero attached hydrogens (tertiary/aromatic N) is 2. The molecule has 116 valence electrons. The fourth-order valence-electron chi connectivity index (χ4n) is 2.55. The SMILES string of the molecule is CC(=Nc1c(C(C)C)cccc1C(C)C)c1ccc(C)cn1. The molecular weight excluding hydrogens is 268 g/mol. The first-order valence-electron chi connectivity index (χ1n) is 8.01. The van der Waals surface area contributed by atoms with Crippen LogP contribution in [0.5, 0.6) is 0 Å². The van der Waals surface area contributed by atoms with Gasteiger partial charge < -0.3 is 0 Å². The lowest BCUT2D eigenvalue weighted by molar-refractivity contribution is 0.834. The van der Waals surface area contributed by atoms with Crippen LogP contribution in [0.15, 0.2) is 41.5 Å². The van der Waals surface area contributed by atoms with Gasteiger partial charge in [-0.15, -0.1) is 0 Å². The highest BCUT2D eigenvalue weighted by Gasteiger charge is 2.13. The molecule has 0 saturated heterocycles. The third kappa shape index (κ3) is 3.62. The second kappa shape index (κ2) is 6.87. The summed E-state index contributed by atoms with van der Waals surface area (Å²) in [6.45, 7) is 13.0. The van der Waals surface area contributed by atoms with Crippen molar-refractivity contribution in [1.29, 1.82) is 0 Å². The quantitative estimate of drug-likeness (QED) is 0.656. The van der Waals surface area contributed by atoms with Gasteiger partial charge in [-0.25, -0.2) is 0 Å². The van der Waals surface area contributed by atoms with Crippen molar-refractivity contribution in [1.82, 2.24) is 4.98 Å². The summed E-state index contributed by atoms with van der Waals surface area (Å²) in [7, 11) is 0. The van der Waals surface area contributed by atoms with E-state index in [4.69, 9.17) is 4.99 Å². The van der Waals surface area contributed by atoms with Gasteiger partial charge in [-0.1, -0.05) is 52.0 Å². The molecule has 22 heavy (non-hydrogen) atoms. The van der Waals surface area contributed by atoms with Crippen molar-refractivity contribution in [3.05, 3.63) is 58.9 Å². The molecule has 1 aromatic heterocycles. The first-order valence-corrected chi connectivity index (χ1v) is 8.01. The Morgan fingerprint density at radius 1 is 0.955 bits per heavy atom. The smallest absolute Gasteiger partial charge is 0.0841 e. The number of hydrogen-bond acceptors (Lipinski definition) is 2. The van der Waals surface area contributed by atoms with E-state index in [-0.39, 0.29) is 0 Å². The van der Waals surface area contributed by atoms with Gasteiger partial charge in [0, 0.05) is 6.20 Å². The third-order valence-electron chi connectivity index (χ3n) is 3.90. The molecule has 0 radical (unpaired) electrons. The fourth-order valence-corrected chi connectivity index (χ4v) is 2.55. The van der Waals surface area contributed by atoms with Crippen LogP contribution in [-0.4, -0.2) is 10.7 Å². The summed E-state index contributed by atoms with van der Waals surface area (Å²) in [6, 6.07) is 10.6. The van der Waals surface area contributed by atoms with Crippen molar-refractivity contribution in [2.24, 2.45) is 4.99 Å². The highest BCUT2D eigenvalue weighted by Crippen LogP contribution is 2.35. The average molecular weight is 294 g/mol. The molecule has 0 saturated carbocycles. The standard InChI is InChI=1S/C20H26N2/c1-13(2)17-8-7-9-18(14(3)4)20(17)22-16(6)19-11-10-15(5)12-21-19/h7-14H,1-6H3. The van der Waals surface area contributed by atoms with E-state index < -0.39 is 0 Å². The maximum absolute atomic E-state index is 4.96. The van der Waals surface area contributed by atoms with Crippen molar-refractivity contribution < 1.29 is 0 Å². The largest absolute Gasteiger partial charge is 0.255 e. The molecule has 2 aromatic rings. The Morgan fingerprint density at radius 2 is 1.55 bits per heavy atom. The Morgan fingerprint density at radius 3 is 2.00 bits per heavy atom. The minimum atomic E-state index is 0.455. The summed E-state index contributed by atoms with van der Waals surface area (Å²) in [5.41, 5.74) is 6.80. The summed E-state index contributed by atoms with van der Waals surface area (Å²) in [6.07, 6.45) is 1.89. The first kappa shape index (κ1) is 16.4. The zero-order valence-corrected chi connectivity index (χ0v) is 14.5. The Hall–Kier alpha value is -1.96. The number of hydrogen-bond donors (Lipinski definition) is 0. The van der Waals surface area contributed by atoms with Crippen LogP contribution in [0.3, 0.4) is 0 Å². The van der Waals surface area contributed by atoms with Crippen molar-refractivity contribution in [3.63, 3.8) is 0 Å². The molecule has 1 aromatic carbocycles. The minimum Gasteiger partial charge on any atom is -0.255 e. The predicted octanol–water partition coefficient (Wildman–Crippen LogP) is 5.78. The minimum absolute atomic E-state index is 0.455. The average Bonchev–Trinajstić information content (AvgIpc) is 2.47. The molecule has 0 aliphatic heterocycles. The maximum Gasteiger partial charge on any atom is 0.0841 e. The van der Waals surface area contributed by atoms with Crippen LogP contribution in [0, 0.1) is 6.92 Å². The van der Waals surface area contributed by atoms with Gasteiger partial charge in [-0.05, 0) is 48.4 Å². The van der Waals surface area contributed by atoms with Gasteiger partial charge in [0.25, 0.3) is 0 Å². The molecule has 2 nitrogen and oxygen atoms in total. The van der Waals surface area contributed by atoms with E-state index in [9.17, 15) is 0 Å². The number of rotatable bonds is 4. The lowest BCUT2D eigenvalue weighted by Gasteiger charge is -2.17. The normalized spacial score (nSPS) is 12.3. The predicted molar refractivity (Wildman–Crippen MR) is 95.5 cm³/mol. The van der Waals surface area contributed by atoms with Crippen molar-refractivity contribution >= 4 is 11.4 Å². The van der Waals surface area contributed by atoms with Gasteiger partial charge in [-0.3, -0.25) is 9.98 Å². The third-order valence-corrected chi connectivity index (χ3v) is 3.90. The molecule has 0 amide bonds. The van der Waals surface area contributed by atoms with E-state index in [0.717, 1.165) is 17.1 Å². The Balaban J connectivity index is 2.55. The zero-order chi connectivity index (χ0) is 16.3. The number of aryl methyl sites for hydroxylation is 1. The van der Waals surface area contributed by atoms with Gasteiger partial charge in [-0.2, -0.15) is 0 Å². The van der Waals surface area contributed by atoms with E-state index in [2.05, 4.69) is 56.9 Å². The fraction of sp³-hybridized carbons (Fsp3) is 0.400. The van der Waals surface area contributed by atoms with Crippen LogP contribution in [0.1, 0.15) is 68.8 Å². The molecule has 2 rings (SSSR count). The lowest BCUT2D eigenvalue weighted by Crippen LogP contribution is -2.01. The van der Waals surface area contributed by atoms with Crippen LogP contribution in [0.4, 0.5) is 5.69 Å². The molecule has 0 aliphatic carbocycles. The van der Waals surface area contributed by atoms with Crippen molar-refractivity contribution in [2.45, 2.75) is 53.4 Å². The number of aromatic nitrogens is 1. The molecule has 2 heteroatoms. The van der Waals surface area contributed by atoms with Gasteiger partial charge in [0.1, 0.15) is 0 Å². The van der Waals surface area contributed by atoms with E-state index in [1.165, 1.54) is 16.7 Å². The molecule has 0 fully saturated rings. The molecule has 0 unspecified atom stereocenters. The van der Waals surface area contributed by atoms with E-state index in [1.807, 2.05) is 26.1 Å². The second-order valence-corrected chi connectivity index (χ2v) is 6.51. The van der Waals surface area contributed by atoms with Crippen molar-refractivity contribution in [2.75, 3.05) is 0 Å². The maximum atomic E-state index is 4.96. The van der Waals surface area contributed by atoms with Crippen LogP contribution in [-0.2, 0) is 0 Å². The summed E-state index contributed by atoms with van der Waals surface area (Å²) >= 11 is 0. The summed E-state index contributed by atoms with van der Waals surface area (Å²) < 4.78 is 0. The number of pyridine rings is 1. The topological polar surface area (TPSA) is 25.2 Å². The molecule has 1 heterocycles. The van der Waals surface area contributed by atoms with Crippen LogP contribution in [0.25, 0.3) is 0 Å². The van der Waals surface area contributed by atoms with Gasteiger partial charge in [0.2, 0.25) is 0 Å². The second-order valence-electron chi connectivity index (χ2n) is 6.51. The summed E-state index contributed by atoms with van der Waals surface area (Å²) in [4.78, 5) is 9.45. The number of aliphatic imine (C=N–C) groups is 1. The Kier molecular flexibility index (Phi) is 5.12. The molecule has 0 aliphatic rings. The van der Waals surface area contributed by atoms with E-state index in [0.29, 0.717) is 11.8 Å². The molecule has 0 N–H and O–H groups in total. The van der Waals surface area contributed by atoms with Crippen LogP contribution >= 0.6 is 0 Å².